The predicted molar refractivity (Wildman–Crippen MR) is 80.3 cm³/mol. The van der Waals surface area contributed by atoms with E-state index in [1.165, 1.54) is 29.3 Å². The molecule has 0 aromatic heterocycles. The molecule has 100 valence electrons. The molecule has 17 heavy (non-hydrogen) atoms. The molecule has 1 saturated heterocycles. The van der Waals surface area contributed by atoms with E-state index in [0.717, 1.165) is 32.0 Å². The minimum absolute atomic E-state index is 0.0763. The third-order valence-electron chi connectivity index (χ3n) is 3.14. The number of rotatable bonds is 7. The Hall–Kier alpha value is 0.390. The van der Waals surface area contributed by atoms with Crippen molar-refractivity contribution in [2.24, 2.45) is 5.92 Å². The van der Waals surface area contributed by atoms with Crippen molar-refractivity contribution < 1.29 is 9.47 Å². The highest BCUT2D eigenvalue weighted by atomic mass is 127. The zero-order valence-corrected chi connectivity index (χ0v) is 13.2. The van der Waals surface area contributed by atoms with Gasteiger partial charge in [0.1, 0.15) is 0 Å². The molecule has 0 aromatic carbocycles. The Kier molecular flexibility index (Phi) is 8.48. The van der Waals surface area contributed by atoms with Crippen molar-refractivity contribution in [3.8, 4) is 0 Å². The first-order valence-electron chi connectivity index (χ1n) is 6.74. The van der Waals surface area contributed by atoms with Crippen molar-refractivity contribution in [1.82, 2.24) is 0 Å². The third kappa shape index (κ3) is 8.16. The van der Waals surface area contributed by atoms with Crippen LogP contribution in [-0.2, 0) is 9.47 Å². The maximum atomic E-state index is 5.74. The highest BCUT2D eigenvalue weighted by Gasteiger charge is 2.13. The van der Waals surface area contributed by atoms with Crippen molar-refractivity contribution >= 4 is 22.6 Å². The van der Waals surface area contributed by atoms with Crippen LogP contribution in [0.5, 0.6) is 0 Å². The lowest BCUT2D eigenvalue weighted by Crippen LogP contribution is -2.23. The Labute approximate surface area is 119 Å². The number of halogens is 1. The van der Waals surface area contributed by atoms with Gasteiger partial charge in [-0.2, -0.15) is 0 Å². The zero-order valence-electron chi connectivity index (χ0n) is 11.1. The van der Waals surface area contributed by atoms with E-state index in [-0.39, 0.29) is 6.29 Å². The van der Waals surface area contributed by atoms with E-state index in [9.17, 15) is 0 Å². The van der Waals surface area contributed by atoms with Gasteiger partial charge in [0.2, 0.25) is 0 Å². The molecule has 1 aliphatic rings. The average molecular weight is 352 g/mol. The first-order valence-corrected chi connectivity index (χ1v) is 7.82. The Morgan fingerprint density at radius 2 is 2.29 bits per heavy atom. The summed E-state index contributed by atoms with van der Waals surface area (Å²) in [4.78, 5) is 0. The topological polar surface area (TPSA) is 18.5 Å². The molecule has 0 spiro atoms. The second-order valence-corrected chi connectivity index (χ2v) is 6.63. The Morgan fingerprint density at radius 3 is 2.94 bits per heavy atom. The standard InChI is InChI=1S/C14H25IO2/c1-12(6-5-7-13(2)15)9-11-17-14-8-3-4-10-16-14/h7,12,14H,3-6,8-11H2,1-2H3/b13-7-. The molecule has 3 heteroatoms. The fraction of sp³-hybridized carbons (Fsp3) is 0.857. The van der Waals surface area contributed by atoms with Gasteiger partial charge in [0.05, 0.1) is 0 Å². The van der Waals surface area contributed by atoms with Crippen LogP contribution in [0.25, 0.3) is 0 Å². The highest BCUT2D eigenvalue weighted by Crippen LogP contribution is 2.17. The average Bonchev–Trinajstić information content (AvgIpc) is 2.30. The number of hydrogen-bond acceptors (Lipinski definition) is 2. The van der Waals surface area contributed by atoms with Crippen molar-refractivity contribution in [1.29, 1.82) is 0 Å². The second-order valence-electron chi connectivity index (χ2n) is 4.93. The van der Waals surface area contributed by atoms with Gasteiger partial charge in [0.15, 0.2) is 6.29 Å². The molecule has 1 aliphatic heterocycles. The van der Waals surface area contributed by atoms with Crippen LogP contribution in [-0.4, -0.2) is 19.5 Å². The molecule has 0 aliphatic carbocycles. The summed E-state index contributed by atoms with van der Waals surface area (Å²) >= 11 is 2.37. The van der Waals surface area contributed by atoms with Crippen molar-refractivity contribution in [3.05, 3.63) is 9.66 Å². The van der Waals surface area contributed by atoms with E-state index in [1.807, 2.05) is 0 Å². The summed E-state index contributed by atoms with van der Waals surface area (Å²) in [7, 11) is 0. The number of hydrogen-bond donors (Lipinski definition) is 0. The van der Waals surface area contributed by atoms with Crippen LogP contribution in [0.2, 0.25) is 0 Å². The zero-order chi connectivity index (χ0) is 12.5. The van der Waals surface area contributed by atoms with E-state index in [4.69, 9.17) is 9.47 Å². The van der Waals surface area contributed by atoms with Gasteiger partial charge < -0.3 is 9.47 Å². The molecule has 0 radical (unpaired) electrons. The van der Waals surface area contributed by atoms with E-state index in [1.54, 1.807) is 0 Å². The number of ether oxygens (including phenoxy) is 2. The monoisotopic (exact) mass is 352 g/mol. The second kappa shape index (κ2) is 9.34. The summed E-state index contributed by atoms with van der Waals surface area (Å²) < 4.78 is 12.7. The summed E-state index contributed by atoms with van der Waals surface area (Å²) in [6, 6.07) is 0. The van der Waals surface area contributed by atoms with Crippen molar-refractivity contribution in [2.45, 2.75) is 58.7 Å². The molecule has 0 bridgehead atoms. The van der Waals surface area contributed by atoms with Gasteiger partial charge in [-0.05, 0) is 77.5 Å². The van der Waals surface area contributed by atoms with Gasteiger partial charge in [-0.15, -0.1) is 0 Å². The van der Waals surface area contributed by atoms with Gasteiger partial charge >= 0.3 is 0 Å². The first kappa shape index (κ1) is 15.4. The van der Waals surface area contributed by atoms with Gasteiger partial charge in [-0.1, -0.05) is 13.0 Å². The van der Waals surface area contributed by atoms with Crippen LogP contribution < -0.4 is 0 Å². The minimum Gasteiger partial charge on any atom is -0.353 e. The van der Waals surface area contributed by atoms with Gasteiger partial charge in [-0.25, -0.2) is 0 Å². The van der Waals surface area contributed by atoms with Crippen LogP contribution in [0, 0.1) is 5.92 Å². The Bertz CT molecular complexity index is 218. The summed E-state index contributed by atoms with van der Waals surface area (Å²) in [5, 5.41) is 0. The van der Waals surface area contributed by atoms with Crippen LogP contribution >= 0.6 is 22.6 Å². The largest absolute Gasteiger partial charge is 0.353 e. The van der Waals surface area contributed by atoms with Crippen molar-refractivity contribution in [3.63, 3.8) is 0 Å². The van der Waals surface area contributed by atoms with Crippen molar-refractivity contribution in [2.75, 3.05) is 13.2 Å². The fourth-order valence-corrected chi connectivity index (χ4v) is 2.27. The van der Waals surface area contributed by atoms with Crippen LogP contribution in [0.3, 0.4) is 0 Å². The first-order chi connectivity index (χ1) is 8.18. The lowest BCUT2D eigenvalue weighted by Gasteiger charge is -2.23. The van der Waals surface area contributed by atoms with E-state index in [0.29, 0.717) is 0 Å². The fourth-order valence-electron chi connectivity index (χ4n) is 1.95. The van der Waals surface area contributed by atoms with Crippen LogP contribution in [0.1, 0.15) is 52.4 Å². The van der Waals surface area contributed by atoms with Crippen LogP contribution in [0.15, 0.2) is 9.66 Å². The molecule has 0 amide bonds. The molecule has 0 aromatic rings. The molecule has 2 unspecified atom stereocenters. The molecule has 2 nitrogen and oxygen atoms in total. The molecular formula is C14H25IO2. The summed E-state index contributed by atoms with van der Waals surface area (Å²) in [6.07, 6.45) is 9.50. The molecule has 1 rings (SSSR count). The van der Waals surface area contributed by atoms with Gasteiger partial charge in [-0.3, -0.25) is 0 Å². The van der Waals surface area contributed by atoms with E-state index in [2.05, 4.69) is 42.5 Å². The quantitative estimate of drug-likeness (QED) is 0.620. The maximum absolute atomic E-state index is 5.74. The van der Waals surface area contributed by atoms with Gasteiger partial charge in [0.25, 0.3) is 0 Å². The van der Waals surface area contributed by atoms with Gasteiger partial charge in [0, 0.05) is 13.2 Å². The smallest absolute Gasteiger partial charge is 0.157 e. The Balaban J connectivity index is 1.99. The minimum atomic E-state index is 0.0763. The predicted octanol–water partition coefficient (Wildman–Crippen LogP) is 4.67. The summed E-state index contributed by atoms with van der Waals surface area (Å²) in [5.41, 5.74) is 0. The maximum Gasteiger partial charge on any atom is 0.157 e. The van der Waals surface area contributed by atoms with Crippen LogP contribution in [0.4, 0.5) is 0 Å². The molecule has 0 saturated carbocycles. The Morgan fingerprint density at radius 1 is 1.47 bits per heavy atom. The molecule has 1 heterocycles. The summed E-state index contributed by atoms with van der Waals surface area (Å²) in [6.45, 7) is 6.18. The SMILES string of the molecule is C/C(I)=C/CCC(C)CCOC1CCCCO1. The summed E-state index contributed by atoms with van der Waals surface area (Å²) in [5.74, 6) is 0.741. The van der Waals surface area contributed by atoms with E-state index < -0.39 is 0 Å². The highest BCUT2D eigenvalue weighted by molar-refractivity contribution is 14.1. The lowest BCUT2D eigenvalue weighted by atomic mass is 10.0. The molecule has 1 fully saturated rings. The molecular weight excluding hydrogens is 327 g/mol. The van der Waals surface area contributed by atoms with E-state index >= 15 is 0 Å². The molecule has 0 N–H and O–H groups in total. The normalized spacial score (nSPS) is 23.7. The number of allylic oxidation sites excluding steroid dienone is 2. The molecule has 2 atom stereocenters. The lowest BCUT2D eigenvalue weighted by molar-refractivity contribution is -0.163. The third-order valence-corrected chi connectivity index (χ3v) is 3.58.